The summed E-state index contributed by atoms with van der Waals surface area (Å²) in [6.45, 7) is 0.791. The van der Waals surface area contributed by atoms with Crippen molar-refractivity contribution in [1.82, 2.24) is 9.88 Å². The summed E-state index contributed by atoms with van der Waals surface area (Å²) in [7, 11) is 1.86. The van der Waals surface area contributed by atoms with E-state index in [0.717, 1.165) is 16.5 Å². The molecule has 3 rings (SSSR count). The van der Waals surface area contributed by atoms with Gasteiger partial charge in [-0.3, -0.25) is 14.7 Å². The third-order valence-electron chi connectivity index (χ3n) is 3.98. The van der Waals surface area contributed by atoms with E-state index < -0.39 is 5.97 Å². The molecular formula is C20H19N3O3. The molecule has 26 heavy (non-hydrogen) atoms. The van der Waals surface area contributed by atoms with Crippen LogP contribution in [-0.2, 0) is 11.3 Å². The summed E-state index contributed by atoms with van der Waals surface area (Å²) in [5, 5.41) is 12.8. The van der Waals surface area contributed by atoms with Gasteiger partial charge in [0.05, 0.1) is 17.6 Å². The van der Waals surface area contributed by atoms with Gasteiger partial charge in [-0.2, -0.15) is 0 Å². The Labute approximate surface area is 151 Å². The van der Waals surface area contributed by atoms with E-state index in [1.54, 1.807) is 18.3 Å². The molecule has 0 radical (unpaired) electrons. The molecule has 2 N–H and O–H groups in total. The van der Waals surface area contributed by atoms with Crippen molar-refractivity contribution in [2.45, 2.75) is 6.54 Å². The molecule has 0 atom stereocenters. The molecule has 1 aromatic heterocycles. The standard InChI is InChI=1S/C20H19N3O3/c1-23(12-15-6-3-9-18-17(15)8-4-10-21-18)13-19(24)22-16-7-2-5-14(11-16)20(25)26/h2-11H,12-13H2,1H3,(H,22,24)(H,25,26). The van der Waals surface area contributed by atoms with Crippen LogP contribution in [-0.4, -0.2) is 40.5 Å². The fraction of sp³-hybridized carbons (Fsp3) is 0.150. The van der Waals surface area contributed by atoms with E-state index in [2.05, 4.69) is 10.3 Å². The molecule has 0 spiro atoms. The number of carboxylic acids is 1. The summed E-state index contributed by atoms with van der Waals surface area (Å²) in [6.07, 6.45) is 1.76. The van der Waals surface area contributed by atoms with Crippen LogP contribution in [0.25, 0.3) is 10.9 Å². The fourth-order valence-electron chi connectivity index (χ4n) is 2.83. The first-order valence-corrected chi connectivity index (χ1v) is 8.17. The number of nitrogens with one attached hydrogen (secondary N) is 1. The highest BCUT2D eigenvalue weighted by molar-refractivity contribution is 5.94. The Bertz CT molecular complexity index is 950. The van der Waals surface area contributed by atoms with Gasteiger partial charge in [0.1, 0.15) is 0 Å². The SMILES string of the molecule is CN(CC(=O)Nc1cccc(C(=O)O)c1)Cc1cccc2ncccc12. The van der Waals surface area contributed by atoms with Gasteiger partial charge in [-0.15, -0.1) is 0 Å². The fourth-order valence-corrected chi connectivity index (χ4v) is 2.83. The second-order valence-electron chi connectivity index (χ2n) is 6.09. The zero-order valence-electron chi connectivity index (χ0n) is 14.3. The van der Waals surface area contributed by atoms with Crippen LogP contribution in [0.15, 0.2) is 60.8 Å². The van der Waals surface area contributed by atoms with Crippen LogP contribution < -0.4 is 5.32 Å². The third kappa shape index (κ3) is 4.23. The lowest BCUT2D eigenvalue weighted by molar-refractivity contribution is -0.117. The monoisotopic (exact) mass is 349 g/mol. The van der Waals surface area contributed by atoms with Crippen LogP contribution in [0.5, 0.6) is 0 Å². The van der Waals surface area contributed by atoms with Gasteiger partial charge in [-0.05, 0) is 42.9 Å². The van der Waals surface area contributed by atoms with E-state index >= 15 is 0 Å². The lowest BCUT2D eigenvalue weighted by atomic mass is 10.1. The number of carboxylic acid groups (broad SMARTS) is 1. The number of carbonyl (C=O) groups is 2. The topological polar surface area (TPSA) is 82.5 Å². The van der Waals surface area contributed by atoms with Gasteiger partial charge < -0.3 is 10.4 Å². The molecule has 6 nitrogen and oxygen atoms in total. The number of pyridine rings is 1. The van der Waals surface area contributed by atoms with Crippen LogP contribution in [0.1, 0.15) is 15.9 Å². The number of anilines is 1. The highest BCUT2D eigenvalue weighted by Gasteiger charge is 2.11. The second-order valence-corrected chi connectivity index (χ2v) is 6.09. The van der Waals surface area contributed by atoms with Gasteiger partial charge in [0.25, 0.3) is 0 Å². The molecule has 0 saturated carbocycles. The number of amides is 1. The number of nitrogens with zero attached hydrogens (tertiary/aromatic N) is 2. The average Bonchev–Trinajstić information content (AvgIpc) is 2.62. The van der Waals surface area contributed by atoms with E-state index in [-0.39, 0.29) is 18.0 Å². The van der Waals surface area contributed by atoms with Crippen molar-refractivity contribution in [2.24, 2.45) is 0 Å². The Hall–Kier alpha value is -3.25. The predicted octanol–water partition coefficient (Wildman–Crippen LogP) is 3.00. The second kappa shape index (κ2) is 7.76. The van der Waals surface area contributed by atoms with Gasteiger partial charge in [-0.25, -0.2) is 4.79 Å². The number of hydrogen-bond donors (Lipinski definition) is 2. The number of aromatic carboxylic acids is 1. The Morgan fingerprint density at radius 3 is 2.73 bits per heavy atom. The summed E-state index contributed by atoms with van der Waals surface area (Å²) >= 11 is 0. The Balaban J connectivity index is 1.64. The van der Waals surface area contributed by atoms with E-state index in [1.165, 1.54) is 12.1 Å². The van der Waals surface area contributed by atoms with Crippen molar-refractivity contribution in [3.05, 3.63) is 71.9 Å². The van der Waals surface area contributed by atoms with Crippen molar-refractivity contribution in [3.8, 4) is 0 Å². The Morgan fingerprint density at radius 2 is 1.92 bits per heavy atom. The van der Waals surface area contributed by atoms with Crippen LogP contribution in [0.2, 0.25) is 0 Å². The lowest BCUT2D eigenvalue weighted by Crippen LogP contribution is -2.30. The van der Waals surface area contributed by atoms with Crippen molar-refractivity contribution in [2.75, 3.05) is 18.9 Å². The number of likely N-dealkylation sites (N-methyl/N-ethyl adjacent to an activating group) is 1. The largest absolute Gasteiger partial charge is 0.478 e. The summed E-state index contributed by atoms with van der Waals surface area (Å²) in [6, 6.07) is 16.0. The first-order valence-electron chi connectivity index (χ1n) is 8.17. The van der Waals surface area contributed by atoms with E-state index in [4.69, 9.17) is 5.11 Å². The average molecular weight is 349 g/mol. The van der Waals surface area contributed by atoms with Gasteiger partial charge >= 0.3 is 5.97 Å². The molecule has 6 heteroatoms. The molecule has 1 heterocycles. The molecule has 0 aliphatic heterocycles. The molecule has 132 valence electrons. The zero-order valence-corrected chi connectivity index (χ0v) is 14.3. The van der Waals surface area contributed by atoms with Crippen molar-refractivity contribution < 1.29 is 14.7 Å². The number of aromatic nitrogens is 1. The third-order valence-corrected chi connectivity index (χ3v) is 3.98. The summed E-state index contributed by atoms with van der Waals surface area (Å²) in [4.78, 5) is 29.5. The minimum Gasteiger partial charge on any atom is -0.478 e. The lowest BCUT2D eigenvalue weighted by Gasteiger charge is -2.17. The maximum atomic E-state index is 12.2. The summed E-state index contributed by atoms with van der Waals surface area (Å²) < 4.78 is 0. The van der Waals surface area contributed by atoms with Gasteiger partial charge in [0.2, 0.25) is 5.91 Å². The van der Waals surface area contributed by atoms with Crippen molar-refractivity contribution >= 4 is 28.5 Å². The number of benzene rings is 2. The zero-order chi connectivity index (χ0) is 18.5. The summed E-state index contributed by atoms with van der Waals surface area (Å²) in [5.41, 5.74) is 2.63. The smallest absolute Gasteiger partial charge is 0.335 e. The minimum atomic E-state index is -1.03. The van der Waals surface area contributed by atoms with E-state index in [1.807, 2.05) is 42.3 Å². The van der Waals surface area contributed by atoms with Crippen LogP contribution in [0, 0.1) is 0 Å². The first-order chi connectivity index (χ1) is 12.5. The number of rotatable bonds is 6. The van der Waals surface area contributed by atoms with Crippen LogP contribution in [0.3, 0.4) is 0 Å². The maximum absolute atomic E-state index is 12.2. The van der Waals surface area contributed by atoms with Gasteiger partial charge in [-0.1, -0.05) is 24.3 Å². The molecule has 0 fully saturated rings. The molecule has 1 amide bonds. The highest BCUT2D eigenvalue weighted by Crippen LogP contribution is 2.18. The molecule has 0 saturated heterocycles. The normalized spacial score (nSPS) is 10.8. The van der Waals surface area contributed by atoms with Gasteiger partial charge in [0, 0.05) is 23.8 Å². The van der Waals surface area contributed by atoms with Crippen molar-refractivity contribution in [1.29, 1.82) is 0 Å². The van der Waals surface area contributed by atoms with Crippen LogP contribution in [0.4, 0.5) is 5.69 Å². The molecule has 0 bridgehead atoms. The van der Waals surface area contributed by atoms with E-state index in [0.29, 0.717) is 12.2 Å². The molecule has 2 aromatic carbocycles. The maximum Gasteiger partial charge on any atom is 0.335 e. The number of hydrogen-bond acceptors (Lipinski definition) is 4. The highest BCUT2D eigenvalue weighted by atomic mass is 16.4. The molecule has 0 unspecified atom stereocenters. The predicted molar refractivity (Wildman–Crippen MR) is 100 cm³/mol. The summed E-state index contributed by atoms with van der Waals surface area (Å²) in [5.74, 6) is -1.23. The molecule has 0 aliphatic carbocycles. The quantitative estimate of drug-likeness (QED) is 0.715. The van der Waals surface area contributed by atoms with Crippen LogP contribution >= 0.6 is 0 Å². The molecular weight excluding hydrogens is 330 g/mol. The number of fused-ring (bicyclic) bond motifs is 1. The molecule has 0 aliphatic rings. The van der Waals surface area contributed by atoms with Crippen molar-refractivity contribution in [3.63, 3.8) is 0 Å². The van der Waals surface area contributed by atoms with E-state index in [9.17, 15) is 9.59 Å². The number of carbonyl (C=O) groups excluding carboxylic acids is 1. The first kappa shape index (κ1) is 17.6. The minimum absolute atomic E-state index is 0.138. The Kier molecular flexibility index (Phi) is 5.24. The molecule has 3 aromatic rings. The van der Waals surface area contributed by atoms with Gasteiger partial charge in [0.15, 0.2) is 0 Å². The Morgan fingerprint density at radius 1 is 1.12 bits per heavy atom.